The average molecular weight is 444 g/mol. The number of hydrogen-bond donors (Lipinski definition) is 2. The van der Waals surface area contributed by atoms with Gasteiger partial charge in [-0.3, -0.25) is 14.9 Å². The SMILES string of the molecule is COc1ccc(C(=O)Nc2nc(-c3ccccc3)c(NC(=O)Cc3ccccc3)s2)cc1. The van der Waals surface area contributed by atoms with Gasteiger partial charge in [-0.05, 0) is 29.8 Å². The smallest absolute Gasteiger partial charge is 0.257 e. The van der Waals surface area contributed by atoms with Crippen LogP contribution in [0.4, 0.5) is 10.1 Å². The second-order valence-corrected chi connectivity index (χ2v) is 7.96. The molecule has 0 spiro atoms. The van der Waals surface area contributed by atoms with Gasteiger partial charge in [-0.1, -0.05) is 72.0 Å². The van der Waals surface area contributed by atoms with E-state index in [2.05, 4.69) is 15.6 Å². The van der Waals surface area contributed by atoms with Gasteiger partial charge in [0.15, 0.2) is 5.13 Å². The zero-order valence-corrected chi connectivity index (χ0v) is 18.2. The van der Waals surface area contributed by atoms with E-state index in [0.717, 1.165) is 11.1 Å². The Balaban J connectivity index is 1.56. The number of hydrogen-bond acceptors (Lipinski definition) is 5. The molecule has 3 aromatic carbocycles. The van der Waals surface area contributed by atoms with E-state index in [1.807, 2.05) is 60.7 Å². The highest BCUT2D eigenvalue weighted by atomic mass is 32.1. The van der Waals surface area contributed by atoms with Gasteiger partial charge < -0.3 is 10.1 Å². The van der Waals surface area contributed by atoms with Crippen LogP contribution in [0, 0.1) is 0 Å². The predicted molar refractivity (Wildman–Crippen MR) is 127 cm³/mol. The number of carbonyl (C=O) groups is 2. The molecule has 160 valence electrons. The van der Waals surface area contributed by atoms with Crippen molar-refractivity contribution in [2.75, 3.05) is 17.7 Å². The average Bonchev–Trinajstić information content (AvgIpc) is 3.22. The minimum absolute atomic E-state index is 0.148. The normalized spacial score (nSPS) is 10.4. The molecule has 7 heteroatoms. The largest absolute Gasteiger partial charge is 0.497 e. The lowest BCUT2D eigenvalue weighted by molar-refractivity contribution is -0.115. The van der Waals surface area contributed by atoms with E-state index in [0.29, 0.717) is 27.1 Å². The summed E-state index contributed by atoms with van der Waals surface area (Å²) in [4.78, 5) is 29.9. The number of methoxy groups -OCH3 is 1. The van der Waals surface area contributed by atoms with Crippen LogP contribution in [0.5, 0.6) is 5.75 Å². The first-order chi connectivity index (χ1) is 15.6. The molecule has 0 fully saturated rings. The molecular formula is C25H21N3O3S. The number of benzene rings is 3. The first-order valence-electron chi connectivity index (χ1n) is 9.98. The van der Waals surface area contributed by atoms with Gasteiger partial charge >= 0.3 is 0 Å². The third-order valence-electron chi connectivity index (χ3n) is 4.71. The lowest BCUT2D eigenvalue weighted by Gasteiger charge is -2.05. The van der Waals surface area contributed by atoms with Crippen LogP contribution >= 0.6 is 11.3 Å². The van der Waals surface area contributed by atoms with Crippen molar-refractivity contribution in [2.24, 2.45) is 0 Å². The van der Waals surface area contributed by atoms with E-state index in [1.165, 1.54) is 11.3 Å². The molecule has 0 unspecified atom stereocenters. The number of amides is 2. The maximum absolute atomic E-state index is 12.7. The van der Waals surface area contributed by atoms with Crippen molar-refractivity contribution >= 4 is 33.3 Å². The maximum Gasteiger partial charge on any atom is 0.257 e. The molecule has 32 heavy (non-hydrogen) atoms. The number of ether oxygens (including phenoxy) is 1. The van der Waals surface area contributed by atoms with Crippen molar-refractivity contribution in [2.45, 2.75) is 6.42 Å². The minimum Gasteiger partial charge on any atom is -0.497 e. The highest BCUT2D eigenvalue weighted by Gasteiger charge is 2.18. The van der Waals surface area contributed by atoms with Crippen LogP contribution in [-0.4, -0.2) is 23.9 Å². The van der Waals surface area contributed by atoms with Crippen LogP contribution in [0.2, 0.25) is 0 Å². The molecule has 2 N–H and O–H groups in total. The van der Waals surface area contributed by atoms with E-state index in [1.54, 1.807) is 31.4 Å². The number of anilines is 2. The second kappa shape index (κ2) is 9.89. The fraction of sp³-hybridized carbons (Fsp3) is 0.0800. The Kier molecular flexibility index (Phi) is 6.57. The van der Waals surface area contributed by atoms with Gasteiger partial charge in [0, 0.05) is 11.1 Å². The zero-order chi connectivity index (χ0) is 22.3. The number of aromatic nitrogens is 1. The molecule has 1 aromatic heterocycles. The van der Waals surface area contributed by atoms with Crippen molar-refractivity contribution in [3.8, 4) is 17.0 Å². The van der Waals surface area contributed by atoms with Crippen molar-refractivity contribution in [3.05, 3.63) is 96.1 Å². The number of nitrogens with one attached hydrogen (secondary N) is 2. The topological polar surface area (TPSA) is 80.3 Å². The number of carbonyl (C=O) groups excluding carboxylic acids is 2. The summed E-state index contributed by atoms with van der Waals surface area (Å²) >= 11 is 1.22. The minimum atomic E-state index is -0.289. The van der Waals surface area contributed by atoms with Gasteiger partial charge in [0.05, 0.1) is 13.5 Å². The van der Waals surface area contributed by atoms with Crippen molar-refractivity contribution in [3.63, 3.8) is 0 Å². The molecule has 0 aliphatic rings. The summed E-state index contributed by atoms with van der Waals surface area (Å²) in [5, 5.41) is 6.77. The number of thiazole rings is 1. The molecule has 4 rings (SSSR count). The first kappa shape index (κ1) is 21.3. The molecule has 0 aliphatic carbocycles. The summed E-state index contributed by atoms with van der Waals surface area (Å²) in [7, 11) is 1.57. The Hall–Kier alpha value is -3.97. The van der Waals surface area contributed by atoms with Gasteiger partial charge in [0.25, 0.3) is 5.91 Å². The number of nitrogens with zero attached hydrogens (tertiary/aromatic N) is 1. The molecule has 2 amide bonds. The van der Waals surface area contributed by atoms with Crippen LogP contribution in [0.1, 0.15) is 15.9 Å². The molecule has 4 aromatic rings. The van der Waals surface area contributed by atoms with E-state index in [9.17, 15) is 9.59 Å². The van der Waals surface area contributed by atoms with Crippen LogP contribution in [0.3, 0.4) is 0 Å². The maximum atomic E-state index is 12.7. The van der Waals surface area contributed by atoms with E-state index >= 15 is 0 Å². The fourth-order valence-electron chi connectivity index (χ4n) is 3.11. The third kappa shape index (κ3) is 5.19. The predicted octanol–water partition coefficient (Wildman–Crippen LogP) is 5.25. The van der Waals surface area contributed by atoms with Gasteiger partial charge in [0.2, 0.25) is 5.91 Å². The zero-order valence-electron chi connectivity index (χ0n) is 17.4. The Morgan fingerprint density at radius 3 is 2.19 bits per heavy atom. The summed E-state index contributed by atoms with van der Waals surface area (Å²) in [5.74, 6) is 0.235. The Labute approximate surface area is 189 Å². The van der Waals surface area contributed by atoms with Crippen LogP contribution in [0.25, 0.3) is 11.3 Å². The van der Waals surface area contributed by atoms with Crippen LogP contribution in [-0.2, 0) is 11.2 Å². The summed E-state index contributed by atoms with van der Waals surface area (Å²) in [5.41, 5.74) is 2.87. The first-order valence-corrected chi connectivity index (χ1v) is 10.8. The highest BCUT2D eigenvalue weighted by Crippen LogP contribution is 2.36. The Morgan fingerprint density at radius 2 is 1.53 bits per heavy atom. The molecule has 0 saturated carbocycles. The number of rotatable bonds is 7. The van der Waals surface area contributed by atoms with E-state index < -0.39 is 0 Å². The Bertz CT molecular complexity index is 1210. The molecular weight excluding hydrogens is 422 g/mol. The monoisotopic (exact) mass is 443 g/mol. The van der Waals surface area contributed by atoms with Gasteiger partial charge in [-0.25, -0.2) is 4.98 Å². The molecule has 0 saturated heterocycles. The van der Waals surface area contributed by atoms with Crippen molar-refractivity contribution in [1.29, 1.82) is 0 Å². The third-order valence-corrected chi connectivity index (χ3v) is 5.59. The summed E-state index contributed by atoms with van der Waals surface area (Å²) in [6.07, 6.45) is 0.251. The quantitative estimate of drug-likeness (QED) is 0.409. The summed E-state index contributed by atoms with van der Waals surface area (Å²) in [6.45, 7) is 0. The van der Waals surface area contributed by atoms with Gasteiger partial charge in [-0.15, -0.1) is 0 Å². The van der Waals surface area contributed by atoms with E-state index in [-0.39, 0.29) is 18.2 Å². The highest BCUT2D eigenvalue weighted by molar-refractivity contribution is 7.20. The molecule has 0 atom stereocenters. The molecule has 0 aliphatic heterocycles. The molecule has 6 nitrogen and oxygen atoms in total. The standard InChI is InChI=1S/C25H21N3O3S/c1-31-20-14-12-19(13-15-20)23(30)28-25-27-22(18-10-6-3-7-11-18)24(32-25)26-21(29)16-17-8-4-2-5-9-17/h2-15H,16H2,1H3,(H,26,29)(H,27,28,30). The molecule has 1 heterocycles. The lowest BCUT2D eigenvalue weighted by Crippen LogP contribution is -2.14. The molecule has 0 radical (unpaired) electrons. The lowest BCUT2D eigenvalue weighted by atomic mass is 10.1. The second-order valence-electron chi connectivity index (χ2n) is 6.96. The van der Waals surface area contributed by atoms with Crippen LogP contribution in [0.15, 0.2) is 84.9 Å². The van der Waals surface area contributed by atoms with Crippen molar-refractivity contribution < 1.29 is 14.3 Å². The van der Waals surface area contributed by atoms with Crippen LogP contribution < -0.4 is 15.4 Å². The molecule has 0 bridgehead atoms. The van der Waals surface area contributed by atoms with E-state index in [4.69, 9.17) is 4.74 Å². The summed E-state index contributed by atoms with van der Waals surface area (Å²) in [6, 6.07) is 25.9. The van der Waals surface area contributed by atoms with Gasteiger partial charge in [0.1, 0.15) is 16.4 Å². The fourth-order valence-corrected chi connectivity index (χ4v) is 4.01. The summed E-state index contributed by atoms with van der Waals surface area (Å²) < 4.78 is 5.13. The van der Waals surface area contributed by atoms with Gasteiger partial charge in [-0.2, -0.15) is 0 Å². The van der Waals surface area contributed by atoms with Crippen molar-refractivity contribution in [1.82, 2.24) is 4.98 Å². The Morgan fingerprint density at radius 1 is 0.875 bits per heavy atom.